The summed E-state index contributed by atoms with van der Waals surface area (Å²) in [4.78, 5) is 2.55. The molecule has 0 aliphatic heterocycles. The standard InChI is InChI=1S/C64H42N2O/c1-63(2)50-24-11-6-19-42(50)45-33-31-41(38-55(45)63)65(57-29-16-28-54-60(57)47-22-9-14-27-53(47)64(54)51-25-12-7-20-43(51)44-21-8-13-26-52(44)64)40-32-35-56-49(37-40)46-34-36-59-61(48-23-10-15-30-58(48)67-59)62(46)66(56)39-17-4-3-5-18-39/h3-38H,1-2H3. The van der Waals surface area contributed by atoms with Gasteiger partial charge in [0.1, 0.15) is 11.2 Å². The lowest BCUT2D eigenvalue weighted by atomic mass is 9.70. The molecule has 314 valence electrons. The highest BCUT2D eigenvalue weighted by Crippen LogP contribution is 2.65. The molecule has 0 saturated carbocycles. The largest absolute Gasteiger partial charge is 0.456 e. The van der Waals surface area contributed by atoms with Crippen LogP contribution in [-0.2, 0) is 10.8 Å². The Balaban J connectivity index is 1.04. The minimum absolute atomic E-state index is 0.175. The summed E-state index contributed by atoms with van der Waals surface area (Å²) in [5, 5.41) is 4.62. The van der Waals surface area contributed by atoms with Gasteiger partial charge in [0.15, 0.2) is 0 Å². The molecule has 67 heavy (non-hydrogen) atoms. The van der Waals surface area contributed by atoms with E-state index in [1.807, 2.05) is 0 Å². The lowest BCUT2D eigenvalue weighted by Gasteiger charge is -2.32. The average Bonchev–Trinajstić information content (AvgIpc) is 4.14. The van der Waals surface area contributed by atoms with Crippen LogP contribution in [0.2, 0.25) is 0 Å². The molecule has 1 spiro atoms. The number of furan rings is 1. The zero-order valence-electron chi connectivity index (χ0n) is 37.1. The Hall–Kier alpha value is -8.40. The maximum absolute atomic E-state index is 6.54. The second-order valence-electron chi connectivity index (χ2n) is 19.1. The van der Waals surface area contributed by atoms with Gasteiger partial charge < -0.3 is 13.9 Å². The fourth-order valence-corrected chi connectivity index (χ4v) is 12.9. The first kappa shape index (κ1) is 36.9. The second kappa shape index (κ2) is 13.1. The van der Waals surface area contributed by atoms with Gasteiger partial charge in [-0.3, -0.25) is 0 Å². The Kier molecular flexibility index (Phi) is 7.22. The molecule has 0 N–H and O–H groups in total. The van der Waals surface area contributed by atoms with Crippen molar-refractivity contribution in [2.45, 2.75) is 24.7 Å². The van der Waals surface area contributed by atoms with E-state index in [0.29, 0.717) is 0 Å². The summed E-state index contributed by atoms with van der Waals surface area (Å²) >= 11 is 0. The maximum Gasteiger partial charge on any atom is 0.137 e. The molecule has 0 amide bonds. The number of para-hydroxylation sites is 2. The molecule has 2 heterocycles. The molecule has 15 rings (SSSR count). The molecule has 3 aliphatic rings. The molecule has 2 aromatic heterocycles. The Labute approximate surface area is 388 Å². The molecule has 0 unspecified atom stereocenters. The molecule has 3 heteroatoms. The van der Waals surface area contributed by atoms with Crippen molar-refractivity contribution in [2.24, 2.45) is 0 Å². The van der Waals surface area contributed by atoms with E-state index >= 15 is 0 Å². The first-order chi connectivity index (χ1) is 33.0. The van der Waals surface area contributed by atoms with Crippen molar-refractivity contribution in [2.75, 3.05) is 4.90 Å². The SMILES string of the molecule is CC1(C)c2ccccc2-c2ccc(N(c3ccc4c(c3)c3ccc5oc6ccccc6c5c3n4-c3ccccc3)c3cccc4c3-c3ccccc3C43c4ccccc4-c4ccccc43)cc21. The quantitative estimate of drug-likeness (QED) is 0.176. The number of hydrogen-bond acceptors (Lipinski definition) is 2. The summed E-state index contributed by atoms with van der Waals surface area (Å²) in [6.07, 6.45) is 0. The normalized spacial score (nSPS) is 14.4. The Morgan fingerprint density at radius 1 is 0.403 bits per heavy atom. The van der Waals surface area contributed by atoms with Gasteiger partial charge in [0.05, 0.1) is 27.5 Å². The van der Waals surface area contributed by atoms with Crippen molar-refractivity contribution in [1.82, 2.24) is 4.57 Å². The topological polar surface area (TPSA) is 21.3 Å². The van der Waals surface area contributed by atoms with E-state index in [1.54, 1.807) is 0 Å². The predicted molar refractivity (Wildman–Crippen MR) is 277 cm³/mol. The van der Waals surface area contributed by atoms with E-state index < -0.39 is 5.41 Å². The lowest BCUT2D eigenvalue weighted by molar-refractivity contribution is 0.660. The zero-order valence-corrected chi connectivity index (χ0v) is 37.1. The zero-order chi connectivity index (χ0) is 44.2. The minimum atomic E-state index is -0.464. The highest BCUT2D eigenvalue weighted by molar-refractivity contribution is 6.25. The number of fused-ring (bicyclic) bond motifs is 20. The smallest absolute Gasteiger partial charge is 0.137 e. The van der Waals surface area contributed by atoms with E-state index in [-0.39, 0.29) is 5.41 Å². The molecule has 0 fully saturated rings. The molecule has 0 bridgehead atoms. The second-order valence-corrected chi connectivity index (χ2v) is 19.1. The summed E-state index contributed by atoms with van der Waals surface area (Å²) < 4.78 is 8.97. The monoisotopic (exact) mass is 854 g/mol. The van der Waals surface area contributed by atoms with E-state index in [4.69, 9.17) is 4.42 Å². The van der Waals surface area contributed by atoms with Gasteiger partial charge in [0.2, 0.25) is 0 Å². The molecular weight excluding hydrogens is 813 g/mol. The summed E-state index contributed by atoms with van der Waals surface area (Å²) in [7, 11) is 0. The number of hydrogen-bond donors (Lipinski definition) is 0. The van der Waals surface area contributed by atoms with Crippen molar-refractivity contribution in [3.05, 3.63) is 252 Å². The molecule has 12 aromatic rings. The first-order valence-corrected chi connectivity index (χ1v) is 23.4. The Morgan fingerprint density at radius 3 is 1.75 bits per heavy atom. The third-order valence-electron chi connectivity index (χ3n) is 15.6. The van der Waals surface area contributed by atoms with Gasteiger partial charge in [-0.05, 0) is 128 Å². The van der Waals surface area contributed by atoms with Crippen LogP contribution in [0.1, 0.15) is 47.2 Å². The van der Waals surface area contributed by atoms with Crippen LogP contribution in [-0.4, -0.2) is 4.57 Å². The van der Waals surface area contributed by atoms with Gasteiger partial charge in [0.25, 0.3) is 0 Å². The van der Waals surface area contributed by atoms with Gasteiger partial charge in [0, 0.05) is 44.2 Å². The molecular formula is C64H42N2O. The van der Waals surface area contributed by atoms with Gasteiger partial charge in [-0.2, -0.15) is 0 Å². The van der Waals surface area contributed by atoms with Crippen molar-refractivity contribution < 1.29 is 4.42 Å². The van der Waals surface area contributed by atoms with Gasteiger partial charge in [-0.25, -0.2) is 0 Å². The van der Waals surface area contributed by atoms with Crippen LogP contribution in [0.15, 0.2) is 223 Å². The van der Waals surface area contributed by atoms with E-state index in [9.17, 15) is 0 Å². The fraction of sp³-hybridized carbons (Fsp3) is 0.0625. The Morgan fingerprint density at radius 2 is 0.985 bits per heavy atom. The van der Waals surface area contributed by atoms with Crippen LogP contribution >= 0.6 is 0 Å². The summed E-state index contributed by atoms with van der Waals surface area (Å²) in [6, 6.07) is 81.3. The number of aromatic nitrogens is 1. The highest BCUT2D eigenvalue weighted by Gasteiger charge is 2.52. The fourth-order valence-electron chi connectivity index (χ4n) is 12.9. The van der Waals surface area contributed by atoms with E-state index in [2.05, 4.69) is 242 Å². The summed E-state index contributed by atoms with van der Waals surface area (Å²) in [5.41, 5.74) is 23.8. The van der Waals surface area contributed by atoms with Crippen LogP contribution in [0.3, 0.4) is 0 Å². The van der Waals surface area contributed by atoms with Gasteiger partial charge in [-0.1, -0.05) is 166 Å². The van der Waals surface area contributed by atoms with Crippen molar-refractivity contribution >= 4 is 60.8 Å². The lowest BCUT2D eigenvalue weighted by Crippen LogP contribution is -2.26. The van der Waals surface area contributed by atoms with Crippen molar-refractivity contribution in [3.8, 4) is 39.1 Å². The van der Waals surface area contributed by atoms with Crippen molar-refractivity contribution in [3.63, 3.8) is 0 Å². The molecule has 3 nitrogen and oxygen atoms in total. The molecule has 10 aromatic carbocycles. The summed E-state index contributed by atoms with van der Waals surface area (Å²) in [5.74, 6) is 0. The van der Waals surface area contributed by atoms with E-state index in [1.165, 1.54) is 77.5 Å². The predicted octanol–water partition coefficient (Wildman–Crippen LogP) is 16.8. The number of rotatable bonds is 4. The number of nitrogens with zero attached hydrogens (tertiary/aromatic N) is 2. The van der Waals surface area contributed by atoms with Crippen LogP contribution < -0.4 is 4.90 Å². The number of anilines is 3. The number of benzene rings is 10. The van der Waals surface area contributed by atoms with Crippen LogP contribution in [0.4, 0.5) is 17.1 Å². The van der Waals surface area contributed by atoms with Crippen molar-refractivity contribution in [1.29, 1.82) is 0 Å². The minimum Gasteiger partial charge on any atom is -0.456 e. The van der Waals surface area contributed by atoms with Gasteiger partial charge >= 0.3 is 0 Å². The molecule has 0 saturated heterocycles. The molecule has 0 radical (unpaired) electrons. The summed E-state index contributed by atoms with van der Waals surface area (Å²) in [6.45, 7) is 4.76. The molecule has 0 atom stereocenters. The van der Waals surface area contributed by atoms with Crippen LogP contribution in [0, 0.1) is 0 Å². The highest BCUT2D eigenvalue weighted by atomic mass is 16.3. The molecule has 3 aliphatic carbocycles. The van der Waals surface area contributed by atoms with E-state index in [0.717, 1.165) is 55.7 Å². The average molecular weight is 855 g/mol. The van der Waals surface area contributed by atoms with Crippen LogP contribution in [0.25, 0.3) is 82.8 Å². The maximum atomic E-state index is 6.54. The van der Waals surface area contributed by atoms with Crippen LogP contribution in [0.5, 0.6) is 0 Å². The van der Waals surface area contributed by atoms with Gasteiger partial charge in [-0.15, -0.1) is 0 Å². The third-order valence-corrected chi connectivity index (χ3v) is 15.6. The Bertz CT molecular complexity index is 4040. The third kappa shape index (κ3) is 4.65. The first-order valence-electron chi connectivity index (χ1n) is 23.4.